The number of benzene rings is 2. The molecule has 1 amide bonds. The first-order valence-corrected chi connectivity index (χ1v) is 10.4. The minimum absolute atomic E-state index is 0.00509. The van der Waals surface area contributed by atoms with Gasteiger partial charge in [0.15, 0.2) is 0 Å². The molecule has 0 saturated heterocycles. The topological polar surface area (TPSA) is 79.3 Å². The van der Waals surface area contributed by atoms with Gasteiger partial charge in [0, 0.05) is 17.5 Å². The summed E-state index contributed by atoms with van der Waals surface area (Å²) in [5, 5.41) is 12.5. The van der Waals surface area contributed by atoms with E-state index in [1.54, 1.807) is 19.1 Å². The number of hydrogen-bond donors (Lipinski definition) is 2. The van der Waals surface area contributed by atoms with Gasteiger partial charge in [-0.15, -0.1) is 11.3 Å². The Labute approximate surface area is 192 Å². The number of nitrogens with zero attached hydrogens (tertiary/aromatic N) is 1. The van der Waals surface area contributed by atoms with Crippen molar-refractivity contribution < 1.29 is 36.6 Å². The summed E-state index contributed by atoms with van der Waals surface area (Å²) in [5.74, 6) is -7.11. The molecule has 33 heavy (non-hydrogen) atoms. The van der Waals surface area contributed by atoms with E-state index >= 15 is 0 Å². The number of halogens is 6. The Kier molecular flexibility index (Phi) is 6.75. The molecule has 0 saturated carbocycles. The molecular formula is C21H14ClF5N2O3S. The van der Waals surface area contributed by atoms with Crippen LogP contribution in [0.3, 0.4) is 0 Å². The maximum atomic E-state index is 13.4. The Morgan fingerprint density at radius 1 is 1.15 bits per heavy atom. The molecule has 0 unspecified atom stereocenters. The molecule has 0 radical (unpaired) electrons. The first-order valence-electron chi connectivity index (χ1n) is 9.13. The lowest BCUT2D eigenvalue weighted by Gasteiger charge is -2.16. The van der Waals surface area contributed by atoms with Crippen LogP contribution in [-0.2, 0) is 12.3 Å². The molecule has 5 nitrogen and oxygen atoms in total. The summed E-state index contributed by atoms with van der Waals surface area (Å²) in [5.41, 5.74) is -0.372. The fourth-order valence-corrected chi connectivity index (χ4v) is 4.06. The summed E-state index contributed by atoms with van der Waals surface area (Å²) in [6.07, 6.45) is -5.73. The van der Waals surface area contributed by atoms with Gasteiger partial charge < -0.3 is 10.4 Å². The van der Waals surface area contributed by atoms with Crippen molar-refractivity contribution in [2.75, 3.05) is 5.32 Å². The van der Waals surface area contributed by atoms with Crippen molar-refractivity contribution in [3.05, 3.63) is 79.8 Å². The van der Waals surface area contributed by atoms with Crippen LogP contribution in [0.2, 0.25) is 5.02 Å². The minimum atomic E-state index is -5.74. The molecule has 1 aromatic heterocycles. The minimum Gasteiger partial charge on any atom is -0.478 e. The maximum absolute atomic E-state index is 13.4. The standard InChI is InChI=1S/C21H14ClF5N2O3S/c1-10-7-11(8-16-29-15(9-33-16)20(23,24)21(25,26)27)5-6-14(10)28-18(30)12-3-2-4-13(22)17(12)19(31)32/h2-7,9H,8H2,1H3,(H,28,30)(H,31,32). The summed E-state index contributed by atoms with van der Waals surface area (Å²) < 4.78 is 64.4. The predicted molar refractivity (Wildman–Crippen MR) is 112 cm³/mol. The number of carbonyl (C=O) groups excluding carboxylic acids is 1. The molecule has 3 aromatic rings. The van der Waals surface area contributed by atoms with Crippen LogP contribution in [0.4, 0.5) is 27.6 Å². The highest BCUT2D eigenvalue weighted by Gasteiger charge is 2.60. The van der Waals surface area contributed by atoms with Crippen LogP contribution in [0.1, 0.15) is 42.5 Å². The highest BCUT2D eigenvalue weighted by atomic mass is 35.5. The number of thiazole rings is 1. The van der Waals surface area contributed by atoms with E-state index in [-0.39, 0.29) is 27.6 Å². The zero-order valence-corrected chi connectivity index (χ0v) is 18.2. The third kappa shape index (κ3) is 5.14. The SMILES string of the molecule is Cc1cc(Cc2nc(C(F)(F)C(F)(F)F)cs2)ccc1NC(=O)c1cccc(Cl)c1C(=O)O. The lowest BCUT2D eigenvalue weighted by molar-refractivity contribution is -0.290. The molecule has 0 aliphatic heterocycles. The number of carbonyl (C=O) groups is 2. The zero-order valence-electron chi connectivity index (χ0n) is 16.6. The average Bonchev–Trinajstić information content (AvgIpc) is 3.17. The van der Waals surface area contributed by atoms with Crippen molar-refractivity contribution in [2.45, 2.75) is 25.4 Å². The lowest BCUT2D eigenvalue weighted by Crippen LogP contribution is -2.34. The second-order valence-corrected chi connectivity index (χ2v) is 8.30. The third-order valence-corrected chi connectivity index (χ3v) is 5.76. The number of carboxylic acid groups (broad SMARTS) is 1. The van der Waals surface area contributed by atoms with E-state index in [1.807, 2.05) is 0 Å². The summed E-state index contributed by atoms with van der Waals surface area (Å²) in [6.45, 7) is 1.64. The molecule has 0 aliphatic rings. The quantitative estimate of drug-likeness (QED) is 0.386. The monoisotopic (exact) mass is 504 g/mol. The lowest BCUT2D eigenvalue weighted by atomic mass is 10.0. The molecule has 0 atom stereocenters. The van der Waals surface area contributed by atoms with Gasteiger partial charge in [-0.05, 0) is 36.2 Å². The van der Waals surface area contributed by atoms with Gasteiger partial charge in [0.25, 0.3) is 5.91 Å². The third-order valence-electron chi connectivity index (χ3n) is 4.60. The fourth-order valence-electron chi connectivity index (χ4n) is 2.95. The molecule has 0 spiro atoms. The van der Waals surface area contributed by atoms with Crippen LogP contribution >= 0.6 is 22.9 Å². The van der Waals surface area contributed by atoms with Crippen LogP contribution < -0.4 is 5.32 Å². The summed E-state index contributed by atoms with van der Waals surface area (Å²) in [7, 11) is 0. The van der Waals surface area contributed by atoms with Gasteiger partial charge in [0.1, 0.15) is 5.69 Å². The Bertz CT molecular complexity index is 1230. The largest absolute Gasteiger partial charge is 0.478 e. The number of alkyl halides is 5. The summed E-state index contributed by atoms with van der Waals surface area (Å²) >= 11 is 6.56. The van der Waals surface area contributed by atoms with Crippen molar-refractivity contribution in [3.63, 3.8) is 0 Å². The Morgan fingerprint density at radius 3 is 2.45 bits per heavy atom. The van der Waals surface area contributed by atoms with E-state index in [4.69, 9.17) is 11.6 Å². The van der Waals surface area contributed by atoms with Gasteiger partial charge in [0.2, 0.25) is 0 Å². The average molecular weight is 505 g/mol. The van der Waals surface area contributed by atoms with Crippen molar-refractivity contribution in [1.29, 1.82) is 0 Å². The number of aromatic carboxylic acids is 1. The fraction of sp³-hybridized carbons (Fsp3) is 0.190. The van der Waals surface area contributed by atoms with Crippen LogP contribution in [-0.4, -0.2) is 28.1 Å². The highest BCUT2D eigenvalue weighted by Crippen LogP contribution is 2.44. The van der Waals surface area contributed by atoms with E-state index in [0.29, 0.717) is 33.5 Å². The Morgan fingerprint density at radius 2 is 1.85 bits per heavy atom. The first-order chi connectivity index (χ1) is 15.3. The van der Waals surface area contributed by atoms with Crippen LogP contribution in [0.5, 0.6) is 0 Å². The number of hydrogen-bond acceptors (Lipinski definition) is 4. The number of carboxylic acids is 1. The summed E-state index contributed by atoms with van der Waals surface area (Å²) in [6, 6.07) is 8.74. The van der Waals surface area contributed by atoms with E-state index in [2.05, 4.69) is 10.3 Å². The number of aromatic nitrogens is 1. The molecule has 0 bridgehead atoms. The summed E-state index contributed by atoms with van der Waals surface area (Å²) in [4.78, 5) is 27.4. The van der Waals surface area contributed by atoms with Crippen molar-refractivity contribution in [3.8, 4) is 0 Å². The number of anilines is 1. The number of aryl methyl sites for hydroxylation is 1. The molecular weight excluding hydrogens is 491 g/mol. The van der Waals surface area contributed by atoms with Crippen molar-refractivity contribution >= 4 is 40.5 Å². The first kappa shape index (κ1) is 24.6. The maximum Gasteiger partial charge on any atom is 0.459 e. The predicted octanol–water partition coefficient (Wildman–Crippen LogP) is 6.30. The number of rotatable bonds is 6. The van der Waals surface area contributed by atoms with Gasteiger partial charge in [-0.25, -0.2) is 9.78 Å². The number of nitrogens with one attached hydrogen (secondary N) is 1. The Hall–Kier alpha value is -3.05. The van der Waals surface area contributed by atoms with Crippen molar-refractivity contribution in [1.82, 2.24) is 4.98 Å². The normalized spacial score (nSPS) is 12.0. The molecule has 0 aliphatic carbocycles. The van der Waals surface area contributed by atoms with E-state index in [0.717, 1.165) is 0 Å². The van der Waals surface area contributed by atoms with Gasteiger partial charge in [-0.3, -0.25) is 4.79 Å². The van der Waals surface area contributed by atoms with Gasteiger partial charge in [0.05, 0.1) is 21.2 Å². The van der Waals surface area contributed by atoms with E-state index < -0.39 is 29.7 Å². The second kappa shape index (κ2) is 9.06. The molecule has 12 heteroatoms. The van der Waals surface area contributed by atoms with Gasteiger partial charge in [-0.2, -0.15) is 22.0 Å². The second-order valence-electron chi connectivity index (χ2n) is 6.95. The van der Waals surface area contributed by atoms with Crippen molar-refractivity contribution in [2.24, 2.45) is 0 Å². The molecule has 174 valence electrons. The van der Waals surface area contributed by atoms with Crippen LogP contribution in [0.15, 0.2) is 41.8 Å². The van der Waals surface area contributed by atoms with E-state index in [9.17, 15) is 36.6 Å². The molecule has 1 heterocycles. The molecule has 2 N–H and O–H groups in total. The Balaban J connectivity index is 1.78. The highest BCUT2D eigenvalue weighted by molar-refractivity contribution is 7.09. The van der Waals surface area contributed by atoms with Crippen LogP contribution in [0.25, 0.3) is 0 Å². The molecule has 2 aromatic carbocycles. The molecule has 3 rings (SSSR count). The number of amides is 1. The zero-order chi connectivity index (χ0) is 24.6. The van der Waals surface area contributed by atoms with Crippen LogP contribution in [0, 0.1) is 6.92 Å². The molecule has 0 fully saturated rings. The smallest absolute Gasteiger partial charge is 0.459 e. The van der Waals surface area contributed by atoms with Gasteiger partial charge >= 0.3 is 18.1 Å². The van der Waals surface area contributed by atoms with E-state index in [1.165, 1.54) is 24.3 Å². The van der Waals surface area contributed by atoms with Gasteiger partial charge in [-0.1, -0.05) is 29.8 Å².